The van der Waals surface area contributed by atoms with Gasteiger partial charge in [-0.2, -0.15) is 0 Å². The number of rotatable bonds is 11. The molecule has 1 atom stereocenters. The van der Waals surface area contributed by atoms with E-state index in [-0.39, 0.29) is 12.5 Å². The Hall–Kier alpha value is -2.39. The highest BCUT2D eigenvalue weighted by molar-refractivity contribution is 9.10. The van der Waals surface area contributed by atoms with E-state index in [4.69, 9.17) is 0 Å². The quantitative estimate of drug-likeness (QED) is 0.424. The lowest BCUT2D eigenvalue weighted by atomic mass is 10.1. The van der Waals surface area contributed by atoms with Crippen molar-refractivity contribution in [1.82, 2.24) is 10.2 Å². The van der Waals surface area contributed by atoms with E-state index < -0.39 is 28.5 Å². The second kappa shape index (κ2) is 12.4. The zero-order valence-electron chi connectivity index (χ0n) is 20.5. The van der Waals surface area contributed by atoms with Gasteiger partial charge in [0.05, 0.1) is 11.9 Å². The zero-order chi connectivity index (χ0) is 25.5. The first kappa shape index (κ1) is 27.9. The zero-order valence-corrected chi connectivity index (χ0v) is 22.9. The predicted molar refractivity (Wildman–Crippen MR) is 140 cm³/mol. The third-order valence-corrected chi connectivity index (χ3v) is 7.17. The van der Waals surface area contributed by atoms with Crippen LogP contribution in [0.15, 0.2) is 46.9 Å². The molecule has 186 valence electrons. The van der Waals surface area contributed by atoms with Crippen molar-refractivity contribution in [2.45, 2.75) is 53.1 Å². The Bertz CT molecular complexity index is 1120. The van der Waals surface area contributed by atoms with Gasteiger partial charge >= 0.3 is 0 Å². The SMILES string of the molecule is CCCCNC(=O)[C@@H](C)N(Cc1cccc(Br)c1)C(=O)CN(c1cc(C)ccc1C)S(C)(=O)=O. The van der Waals surface area contributed by atoms with Crippen molar-refractivity contribution in [3.63, 3.8) is 0 Å². The summed E-state index contributed by atoms with van der Waals surface area (Å²) in [4.78, 5) is 27.8. The van der Waals surface area contributed by atoms with E-state index in [2.05, 4.69) is 21.2 Å². The minimum absolute atomic E-state index is 0.172. The van der Waals surface area contributed by atoms with Crippen LogP contribution in [0.2, 0.25) is 0 Å². The molecule has 0 fully saturated rings. The van der Waals surface area contributed by atoms with Crippen LogP contribution in [0.25, 0.3) is 0 Å². The van der Waals surface area contributed by atoms with Gasteiger partial charge in [-0.05, 0) is 62.1 Å². The van der Waals surface area contributed by atoms with Crippen molar-refractivity contribution in [2.24, 2.45) is 0 Å². The predicted octanol–water partition coefficient (Wildman–Crippen LogP) is 4.17. The summed E-state index contributed by atoms with van der Waals surface area (Å²) >= 11 is 3.44. The molecular weight excluding hydrogens is 518 g/mol. The molecule has 34 heavy (non-hydrogen) atoms. The van der Waals surface area contributed by atoms with Gasteiger partial charge in [0.2, 0.25) is 21.8 Å². The van der Waals surface area contributed by atoms with Crippen LogP contribution in [0.1, 0.15) is 43.4 Å². The van der Waals surface area contributed by atoms with E-state index >= 15 is 0 Å². The first-order chi connectivity index (χ1) is 15.9. The van der Waals surface area contributed by atoms with Gasteiger partial charge in [-0.1, -0.05) is 53.5 Å². The van der Waals surface area contributed by atoms with Crippen molar-refractivity contribution >= 4 is 43.5 Å². The normalized spacial score (nSPS) is 12.2. The highest BCUT2D eigenvalue weighted by atomic mass is 79.9. The van der Waals surface area contributed by atoms with Crippen molar-refractivity contribution in [2.75, 3.05) is 23.7 Å². The maximum absolute atomic E-state index is 13.6. The molecule has 2 rings (SSSR count). The fraction of sp³-hybridized carbons (Fsp3) is 0.440. The summed E-state index contributed by atoms with van der Waals surface area (Å²) in [6.45, 7) is 7.67. The van der Waals surface area contributed by atoms with Crippen molar-refractivity contribution < 1.29 is 18.0 Å². The third-order valence-electron chi connectivity index (χ3n) is 5.55. The van der Waals surface area contributed by atoms with Gasteiger partial charge in [0.1, 0.15) is 12.6 Å². The van der Waals surface area contributed by atoms with E-state index in [1.807, 2.05) is 50.2 Å². The minimum atomic E-state index is -3.75. The Morgan fingerprint density at radius 1 is 1.12 bits per heavy atom. The average Bonchev–Trinajstić information content (AvgIpc) is 2.76. The van der Waals surface area contributed by atoms with E-state index in [1.54, 1.807) is 19.9 Å². The van der Waals surface area contributed by atoms with Gasteiger partial charge in [-0.25, -0.2) is 8.42 Å². The molecule has 0 aliphatic rings. The van der Waals surface area contributed by atoms with Crippen LogP contribution in [-0.2, 0) is 26.2 Å². The summed E-state index contributed by atoms with van der Waals surface area (Å²) in [5, 5.41) is 2.87. The number of nitrogens with one attached hydrogen (secondary N) is 1. The van der Waals surface area contributed by atoms with E-state index in [0.717, 1.165) is 44.6 Å². The van der Waals surface area contributed by atoms with E-state index in [9.17, 15) is 18.0 Å². The van der Waals surface area contributed by atoms with Crippen LogP contribution < -0.4 is 9.62 Å². The van der Waals surface area contributed by atoms with Crippen LogP contribution in [0.4, 0.5) is 5.69 Å². The van der Waals surface area contributed by atoms with Gasteiger partial charge in [0.15, 0.2) is 0 Å². The lowest BCUT2D eigenvalue weighted by Crippen LogP contribution is -2.51. The number of benzene rings is 2. The molecule has 0 heterocycles. The second-order valence-electron chi connectivity index (χ2n) is 8.53. The second-order valence-corrected chi connectivity index (χ2v) is 11.4. The summed E-state index contributed by atoms with van der Waals surface area (Å²) in [6.07, 6.45) is 2.86. The van der Waals surface area contributed by atoms with E-state index in [0.29, 0.717) is 12.2 Å². The lowest BCUT2D eigenvalue weighted by molar-refractivity contribution is -0.139. The molecule has 2 aromatic rings. The van der Waals surface area contributed by atoms with Gasteiger partial charge in [-0.15, -0.1) is 0 Å². The van der Waals surface area contributed by atoms with Crippen molar-refractivity contribution in [3.8, 4) is 0 Å². The Kier molecular flexibility index (Phi) is 10.1. The van der Waals surface area contributed by atoms with E-state index in [1.165, 1.54) is 4.90 Å². The topological polar surface area (TPSA) is 86.8 Å². The van der Waals surface area contributed by atoms with Crippen LogP contribution >= 0.6 is 15.9 Å². The van der Waals surface area contributed by atoms with Gasteiger partial charge in [-0.3, -0.25) is 13.9 Å². The number of halogens is 1. The third kappa shape index (κ3) is 7.84. The van der Waals surface area contributed by atoms with Gasteiger partial charge in [0.25, 0.3) is 0 Å². The molecule has 0 saturated carbocycles. The minimum Gasteiger partial charge on any atom is -0.354 e. The Morgan fingerprint density at radius 2 is 1.82 bits per heavy atom. The number of carbonyl (C=O) groups excluding carboxylic acids is 2. The molecule has 1 N–H and O–H groups in total. The number of carbonyl (C=O) groups is 2. The maximum Gasteiger partial charge on any atom is 0.244 e. The summed E-state index contributed by atoms with van der Waals surface area (Å²) in [5.41, 5.74) is 2.91. The van der Waals surface area contributed by atoms with Crippen LogP contribution in [-0.4, -0.2) is 50.5 Å². The largest absolute Gasteiger partial charge is 0.354 e. The smallest absolute Gasteiger partial charge is 0.244 e. The summed E-state index contributed by atoms with van der Waals surface area (Å²) in [7, 11) is -3.75. The number of hydrogen-bond acceptors (Lipinski definition) is 4. The molecule has 9 heteroatoms. The molecule has 0 bridgehead atoms. The number of sulfonamides is 1. The fourth-order valence-corrected chi connectivity index (χ4v) is 4.88. The number of hydrogen-bond donors (Lipinski definition) is 1. The highest BCUT2D eigenvalue weighted by Crippen LogP contribution is 2.25. The van der Waals surface area contributed by atoms with Crippen LogP contribution in [0, 0.1) is 13.8 Å². The molecule has 0 saturated heterocycles. The number of nitrogens with zero attached hydrogens (tertiary/aromatic N) is 2. The summed E-state index contributed by atoms with van der Waals surface area (Å²) in [5.74, 6) is -0.723. The number of unbranched alkanes of at least 4 members (excludes halogenated alkanes) is 1. The lowest BCUT2D eigenvalue weighted by Gasteiger charge is -2.32. The first-order valence-electron chi connectivity index (χ1n) is 11.3. The van der Waals surface area contributed by atoms with Crippen LogP contribution in [0.3, 0.4) is 0 Å². The fourth-order valence-electron chi connectivity index (χ4n) is 3.53. The highest BCUT2D eigenvalue weighted by Gasteiger charge is 2.30. The molecule has 2 aromatic carbocycles. The first-order valence-corrected chi connectivity index (χ1v) is 13.9. The molecule has 0 aliphatic heterocycles. The Labute approximate surface area is 211 Å². The van der Waals surface area contributed by atoms with Gasteiger partial charge < -0.3 is 10.2 Å². The summed E-state index contributed by atoms with van der Waals surface area (Å²) in [6, 6.07) is 12.2. The maximum atomic E-state index is 13.6. The molecule has 0 unspecified atom stereocenters. The average molecular weight is 553 g/mol. The molecule has 7 nitrogen and oxygen atoms in total. The van der Waals surface area contributed by atoms with Crippen molar-refractivity contribution in [1.29, 1.82) is 0 Å². The number of anilines is 1. The van der Waals surface area contributed by atoms with Crippen molar-refractivity contribution in [3.05, 3.63) is 63.6 Å². The summed E-state index contributed by atoms with van der Waals surface area (Å²) < 4.78 is 27.4. The molecular formula is C25H34BrN3O4S. The Morgan fingerprint density at radius 3 is 2.44 bits per heavy atom. The number of amides is 2. The standard InChI is InChI=1S/C25H34BrN3O4S/c1-6-7-13-27-25(31)20(4)28(16-21-9-8-10-22(26)15-21)24(30)17-29(34(5,32)33)23-14-18(2)11-12-19(23)3/h8-12,14-15,20H,6-7,13,16-17H2,1-5H3,(H,27,31)/t20-/m1/s1. The molecule has 2 amide bonds. The number of aryl methyl sites for hydroxylation is 2. The molecule has 0 radical (unpaired) electrons. The van der Waals surface area contributed by atoms with Crippen LogP contribution in [0.5, 0.6) is 0 Å². The Balaban J connectivity index is 2.39. The molecule has 0 aliphatic carbocycles. The van der Waals surface area contributed by atoms with Gasteiger partial charge in [0, 0.05) is 17.6 Å². The molecule has 0 spiro atoms. The molecule has 0 aromatic heterocycles. The monoisotopic (exact) mass is 551 g/mol.